The number of aryl methyl sites for hydroxylation is 1. The summed E-state index contributed by atoms with van der Waals surface area (Å²) in [5, 5.41) is 9.56. The van der Waals surface area contributed by atoms with E-state index in [1.54, 1.807) is 11.8 Å². The van der Waals surface area contributed by atoms with Crippen molar-refractivity contribution in [2.24, 2.45) is 0 Å². The van der Waals surface area contributed by atoms with Gasteiger partial charge in [0.25, 0.3) is 0 Å². The fraction of sp³-hybridized carbons (Fsp3) is 0.375. The number of hydrogen-bond acceptors (Lipinski definition) is 4. The van der Waals surface area contributed by atoms with Crippen molar-refractivity contribution >= 4 is 11.8 Å². The molecule has 2 heterocycles. The van der Waals surface area contributed by atoms with E-state index in [4.69, 9.17) is 4.52 Å². The minimum atomic E-state index is 0.238. The lowest BCUT2D eigenvalue weighted by molar-refractivity contribution is 0.389. The Morgan fingerprint density at radius 2 is 2.42 bits per heavy atom. The summed E-state index contributed by atoms with van der Waals surface area (Å²) in [6, 6.07) is 1.96. The van der Waals surface area contributed by atoms with Gasteiger partial charge in [-0.1, -0.05) is 5.16 Å². The summed E-state index contributed by atoms with van der Waals surface area (Å²) in [6.07, 6.45) is 0. The summed E-state index contributed by atoms with van der Waals surface area (Å²) < 4.78 is 4.99. The van der Waals surface area contributed by atoms with Crippen LogP contribution in [0.4, 0.5) is 0 Å². The Bertz CT molecular complexity index is 319. The molecule has 0 saturated carbocycles. The van der Waals surface area contributed by atoms with Crippen LogP contribution in [0.2, 0.25) is 0 Å². The van der Waals surface area contributed by atoms with Crippen LogP contribution in [0.15, 0.2) is 21.7 Å². The summed E-state index contributed by atoms with van der Waals surface area (Å²) in [7, 11) is 0. The van der Waals surface area contributed by atoms with Crippen LogP contribution in [-0.4, -0.2) is 5.16 Å². The average Bonchev–Trinajstić information content (AvgIpc) is 2.58. The molecule has 4 heteroatoms. The van der Waals surface area contributed by atoms with Gasteiger partial charge in [0.15, 0.2) is 0 Å². The van der Waals surface area contributed by atoms with Crippen molar-refractivity contribution in [3.8, 4) is 0 Å². The number of allylic oxidation sites excluding steroid dienone is 1. The largest absolute Gasteiger partial charge is 0.371 e. The van der Waals surface area contributed by atoms with Crippen molar-refractivity contribution in [3.63, 3.8) is 0 Å². The SMILES string of the molecule is CC1=CSC(c2cc(C)on2)N1. The number of aromatic nitrogens is 1. The highest BCUT2D eigenvalue weighted by Gasteiger charge is 2.19. The van der Waals surface area contributed by atoms with Crippen LogP contribution >= 0.6 is 11.8 Å². The quantitative estimate of drug-likeness (QED) is 0.722. The zero-order valence-electron chi connectivity index (χ0n) is 7.00. The molecule has 0 aliphatic carbocycles. The predicted molar refractivity (Wildman–Crippen MR) is 48.5 cm³/mol. The van der Waals surface area contributed by atoms with E-state index in [1.165, 1.54) is 5.70 Å². The Morgan fingerprint density at radius 1 is 1.58 bits per heavy atom. The highest BCUT2D eigenvalue weighted by molar-refractivity contribution is 8.02. The van der Waals surface area contributed by atoms with Gasteiger partial charge in [0.1, 0.15) is 16.8 Å². The molecular weight excluding hydrogens is 172 g/mol. The summed E-state index contributed by atoms with van der Waals surface area (Å²) in [6.45, 7) is 3.94. The molecule has 0 bridgehead atoms. The smallest absolute Gasteiger partial charge is 0.134 e. The van der Waals surface area contributed by atoms with Crippen LogP contribution in [0.3, 0.4) is 0 Å². The molecule has 64 valence electrons. The normalized spacial score (nSPS) is 22.2. The first kappa shape index (κ1) is 7.73. The monoisotopic (exact) mass is 182 g/mol. The van der Waals surface area contributed by atoms with Gasteiger partial charge in [-0.05, 0) is 19.3 Å². The van der Waals surface area contributed by atoms with Gasteiger partial charge in [-0.2, -0.15) is 0 Å². The molecule has 1 N–H and O–H groups in total. The molecule has 2 rings (SSSR count). The van der Waals surface area contributed by atoms with Gasteiger partial charge in [-0.3, -0.25) is 0 Å². The first-order valence-electron chi connectivity index (χ1n) is 3.78. The summed E-state index contributed by atoms with van der Waals surface area (Å²) in [4.78, 5) is 0. The minimum absolute atomic E-state index is 0.238. The number of thioether (sulfide) groups is 1. The Kier molecular flexibility index (Phi) is 1.84. The highest BCUT2D eigenvalue weighted by Crippen LogP contribution is 2.32. The van der Waals surface area contributed by atoms with E-state index in [1.807, 2.05) is 19.9 Å². The second kappa shape index (κ2) is 2.86. The maximum absolute atomic E-state index is 4.99. The van der Waals surface area contributed by atoms with Gasteiger partial charge in [-0.15, -0.1) is 11.8 Å². The van der Waals surface area contributed by atoms with Crippen molar-refractivity contribution in [2.45, 2.75) is 19.2 Å². The van der Waals surface area contributed by atoms with Crippen molar-refractivity contribution < 1.29 is 4.52 Å². The van der Waals surface area contributed by atoms with Crippen LogP contribution in [0, 0.1) is 6.92 Å². The second-order valence-corrected chi connectivity index (χ2v) is 3.80. The van der Waals surface area contributed by atoms with Gasteiger partial charge in [0.2, 0.25) is 0 Å². The fourth-order valence-electron chi connectivity index (χ4n) is 1.10. The molecular formula is C8H10N2OS. The highest BCUT2D eigenvalue weighted by atomic mass is 32.2. The fourth-order valence-corrected chi connectivity index (χ4v) is 2.01. The van der Waals surface area contributed by atoms with Gasteiger partial charge in [0, 0.05) is 11.8 Å². The van der Waals surface area contributed by atoms with Crippen molar-refractivity contribution in [3.05, 3.63) is 28.6 Å². The van der Waals surface area contributed by atoms with Gasteiger partial charge >= 0.3 is 0 Å². The van der Waals surface area contributed by atoms with E-state index in [0.29, 0.717) is 0 Å². The molecule has 0 aromatic carbocycles. The van der Waals surface area contributed by atoms with Crippen LogP contribution in [-0.2, 0) is 0 Å². The number of nitrogens with one attached hydrogen (secondary N) is 1. The number of hydrogen-bond donors (Lipinski definition) is 1. The topological polar surface area (TPSA) is 38.1 Å². The van der Waals surface area contributed by atoms with Gasteiger partial charge in [0.05, 0.1) is 0 Å². The van der Waals surface area contributed by atoms with Crippen molar-refractivity contribution in [2.75, 3.05) is 0 Å². The molecule has 1 atom stereocenters. The Morgan fingerprint density at radius 3 is 2.92 bits per heavy atom. The maximum atomic E-state index is 4.99. The summed E-state index contributed by atoms with van der Waals surface area (Å²) in [5.41, 5.74) is 2.15. The minimum Gasteiger partial charge on any atom is -0.371 e. The molecule has 0 spiro atoms. The van der Waals surface area contributed by atoms with Crippen LogP contribution in [0.1, 0.15) is 23.8 Å². The molecule has 3 nitrogen and oxygen atoms in total. The number of rotatable bonds is 1. The van der Waals surface area contributed by atoms with Crippen LogP contribution in [0.5, 0.6) is 0 Å². The molecule has 12 heavy (non-hydrogen) atoms. The van der Waals surface area contributed by atoms with Gasteiger partial charge in [-0.25, -0.2) is 0 Å². The lowest BCUT2D eigenvalue weighted by atomic mass is 10.3. The average molecular weight is 182 g/mol. The molecule has 1 aliphatic rings. The van der Waals surface area contributed by atoms with Crippen molar-refractivity contribution in [1.29, 1.82) is 0 Å². The van der Waals surface area contributed by atoms with E-state index < -0.39 is 0 Å². The first-order chi connectivity index (χ1) is 5.75. The standard InChI is InChI=1S/C8H10N2OS/c1-5-4-12-8(9-5)7-3-6(2)11-10-7/h3-4,8-9H,1-2H3. The Labute approximate surface area is 75.2 Å². The van der Waals surface area contributed by atoms with E-state index in [2.05, 4.69) is 15.9 Å². The van der Waals surface area contributed by atoms with Crippen LogP contribution in [0.25, 0.3) is 0 Å². The predicted octanol–water partition coefficient (Wildman–Crippen LogP) is 2.18. The van der Waals surface area contributed by atoms with Crippen LogP contribution < -0.4 is 5.32 Å². The molecule has 0 saturated heterocycles. The van der Waals surface area contributed by atoms with E-state index >= 15 is 0 Å². The molecule has 1 aromatic rings. The third kappa shape index (κ3) is 1.34. The number of nitrogens with zero attached hydrogens (tertiary/aromatic N) is 1. The molecule has 0 amide bonds. The van der Waals surface area contributed by atoms with E-state index in [-0.39, 0.29) is 5.37 Å². The summed E-state index contributed by atoms with van der Waals surface area (Å²) in [5.74, 6) is 0.858. The third-order valence-electron chi connectivity index (χ3n) is 1.65. The molecule has 0 fully saturated rings. The van der Waals surface area contributed by atoms with Crippen molar-refractivity contribution in [1.82, 2.24) is 10.5 Å². The Hall–Kier alpha value is -0.900. The lowest BCUT2D eigenvalue weighted by Gasteiger charge is -2.05. The summed E-state index contributed by atoms with van der Waals surface area (Å²) >= 11 is 1.72. The zero-order chi connectivity index (χ0) is 8.55. The molecule has 1 unspecified atom stereocenters. The molecule has 1 aromatic heterocycles. The van der Waals surface area contributed by atoms with E-state index in [9.17, 15) is 0 Å². The lowest BCUT2D eigenvalue weighted by Crippen LogP contribution is -2.11. The molecule has 0 radical (unpaired) electrons. The maximum Gasteiger partial charge on any atom is 0.134 e. The molecule has 1 aliphatic heterocycles. The van der Waals surface area contributed by atoms with Gasteiger partial charge < -0.3 is 9.84 Å². The van der Waals surface area contributed by atoms with E-state index in [0.717, 1.165) is 11.5 Å². The first-order valence-corrected chi connectivity index (χ1v) is 4.72. The zero-order valence-corrected chi connectivity index (χ0v) is 7.81. The second-order valence-electron chi connectivity index (χ2n) is 2.82. The Balaban J connectivity index is 2.13. The third-order valence-corrected chi connectivity index (χ3v) is 2.78.